The minimum absolute atomic E-state index is 0.0681. The first-order valence-corrected chi connectivity index (χ1v) is 10.5. The monoisotopic (exact) mass is 435 g/mol. The number of anilines is 1. The molecule has 7 nitrogen and oxygen atoms in total. The van der Waals surface area contributed by atoms with Gasteiger partial charge in [-0.05, 0) is 48.6 Å². The number of pyridine rings is 1. The van der Waals surface area contributed by atoms with Gasteiger partial charge in [-0.2, -0.15) is 0 Å². The molecule has 3 heterocycles. The van der Waals surface area contributed by atoms with Crippen LogP contribution in [0.25, 0.3) is 0 Å². The number of amides is 1. The van der Waals surface area contributed by atoms with Crippen LogP contribution in [-0.2, 0) is 11.8 Å². The van der Waals surface area contributed by atoms with Crippen LogP contribution in [0.3, 0.4) is 0 Å². The van der Waals surface area contributed by atoms with E-state index in [1.54, 1.807) is 13.3 Å². The highest BCUT2D eigenvalue weighted by atomic mass is 32.1. The number of thiocarbonyl (C=S) groups is 1. The van der Waals surface area contributed by atoms with Gasteiger partial charge in [-0.15, -0.1) is 0 Å². The highest BCUT2D eigenvalue weighted by Crippen LogP contribution is 2.38. The van der Waals surface area contributed by atoms with E-state index < -0.39 is 0 Å². The first kappa shape index (κ1) is 20.9. The van der Waals surface area contributed by atoms with Crippen molar-refractivity contribution >= 4 is 28.9 Å². The zero-order chi connectivity index (χ0) is 21.8. The topological polar surface area (TPSA) is 71.4 Å². The van der Waals surface area contributed by atoms with Gasteiger partial charge in [0.1, 0.15) is 5.75 Å². The van der Waals surface area contributed by atoms with Crippen LogP contribution >= 0.6 is 12.2 Å². The molecule has 160 valence electrons. The largest absolute Gasteiger partial charge is 0.495 e. The molecule has 0 aliphatic carbocycles. The number of aromatic nitrogens is 2. The Balaban J connectivity index is 1.53. The van der Waals surface area contributed by atoms with E-state index in [1.807, 2.05) is 61.8 Å². The van der Waals surface area contributed by atoms with E-state index in [0.717, 1.165) is 11.4 Å². The molecule has 0 bridgehead atoms. The lowest BCUT2D eigenvalue weighted by Gasteiger charge is -2.28. The predicted octanol–water partition coefficient (Wildman–Crippen LogP) is 3.43. The molecule has 0 radical (unpaired) electrons. The summed E-state index contributed by atoms with van der Waals surface area (Å²) in [5.74, 6) is 0.533. The standard InChI is InChI=1S/C23H25N5O2S/c1-27-14-7-10-18(27)22-21(17-9-5-6-13-24-17)26-23(31)28(22)15-12-20(29)25-16-8-3-4-11-19(16)30-2/h3-11,13-14,21-22H,12,15H2,1-2H3,(H,25,29)(H,26,31)/t21-,22+/m1/s1. The number of benzene rings is 1. The van der Waals surface area contributed by atoms with Gasteiger partial charge in [0.15, 0.2) is 5.11 Å². The van der Waals surface area contributed by atoms with Crippen LogP contribution in [-0.4, -0.2) is 39.1 Å². The third-order valence-electron chi connectivity index (χ3n) is 5.45. The molecule has 0 saturated carbocycles. The fourth-order valence-corrected chi connectivity index (χ4v) is 4.26. The van der Waals surface area contributed by atoms with Gasteiger partial charge in [0, 0.05) is 38.1 Å². The zero-order valence-electron chi connectivity index (χ0n) is 17.5. The Morgan fingerprint density at radius 3 is 2.71 bits per heavy atom. The molecule has 2 aromatic heterocycles. The summed E-state index contributed by atoms with van der Waals surface area (Å²) in [7, 11) is 3.60. The van der Waals surface area contributed by atoms with Crippen LogP contribution in [0.2, 0.25) is 0 Å². The molecular formula is C23H25N5O2S. The third-order valence-corrected chi connectivity index (χ3v) is 5.80. The second-order valence-electron chi connectivity index (χ2n) is 7.36. The number of nitrogens with one attached hydrogen (secondary N) is 2. The number of nitrogens with zero attached hydrogens (tertiary/aromatic N) is 3. The highest BCUT2D eigenvalue weighted by Gasteiger charge is 2.40. The molecule has 1 aromatic carbocycles. The van der Waals surface area contributed by atoms with E-state index in [1.165, 1.54) is 0 Å². The molecule has 2 atom stereocenters. The average Bonchev–Trinajstić information content (AvgIpc) is 3.35. The van der Waals surface area contributed by atoms with E-state index in [4.69, 9.17) is 17.0 Å². The van der Waals surface area contributed by atoms with E-state index in [-0.39, 0.29) is 24.4 Å². The van der Waals surface area contributed by atoms with Crippen LogP contribution in [0, 0.1) is 0 Å². The van der Waals surface area contributed by atoms with Crippen molar-refractivity contribution in [2.75, 3.05) is 19.0 Å². The third kappa shape index (κ3) is 4.39. The van der Waals surface area contributed by atoms with Crippen molar-refractivity contribution in [2.45, 2.75) is 18.5 Å². The number of para-hydroxylation sites is 2. The number of hydrogen-bond donors (Lipinski definition) is 2. The van der Waals surface area contributed by atoms with Crippen LogP contribution in [0.4, 0.5) is 5.69 Å². The first-order chi connectivity index (χ1) is 15.1. The van der Waals surface area contributed by atoms with Crippen molar-refractivity contribution in [3.05, 3.63) is 78.4 Å². The number of carbonyl (C=O) groups is 1. The Morgan fingerprint density at radius 2 is 2.00 bits per heavy atom. The van der Waals surface area contributed by atoms with Crippen molar-refractivity contribution in [3.8, 4) is 5.75 Å². The van der Waals surface area contributed by atoms with Crippen molar-refractivity contribution in [2.24, 2.45) is 7.05 Å². The average molecular weight is 436 g/mol. The van der Waals surface area contributed by atoms with Crippen LogP contribution in [0.5, 0.6) is 5.75 Å². The molecule has 1 amide bonds. The number of ether oxygens (including phenoxy) is 1. The van der Waals surface area contributed by atoms with Gasteiger partial charge in [-0.1, -0.05) is 18.2 Å². The Morgan fingerprint density at radius 1 is 1.19 bits per heavy atom. The molecule has 8 heteroatoms. The minimum Gasteiger partial charge on any atom is -0.495 e. The Labute approximate surface area is 187 Å². The van der Waals surface area contributed by atoms with E-state index in [9.17, 15) is 4.79 Å². The van der Waals surface area contributed by atoms with Crippen molar-refractivity contribution in [1.82, 2.24) is 19.8 Å². The molecule has 0 unspecified atom stereocenters. The molecule has 0 spiro atoms. The molecule has 4 rings (SSSR count). The lowest BCUT2D eigenvalue weighted by Crippen LogP contribution is -2.33. The maximum atomic E-state index is 12.7. The SMILES string of the molecule is COc1ccccc1NC(=O)CCN1C(=S)N[C@H](c2ccccn2)[C@@H]1c1cccn1C. The molecule has 1 aliphatic heterocycles. The van der Waals surface area contributed by atoms with Gasteiger partial charge in [-0.3, -0.25) is 9.78 Å². The summed E-state index contributed by atoms with van der Waals surface area (Å²) in [4.78, 5) is 19.3. The Bertz CT molecular complexity index is 1070. The lowest BCUT2D eigenvalue weighted by molar-refractivity contribution is -0.116. The maximum absolute atomic E-state index is 12.7. The molecule has 1 fully saturated rings. The van der Waals surface area contributed by atoms with Crippen LogP contribution in [0.1, 0.15) is 29.9 Å². The summed E-state index contributed by atoms with van der Waals surface area (Å²) in [5, 5.41) is 6.96. The molecular weight excluding hydrogens is 410 g/mol. The summed E-state index contributed by atoms with van der Waals surface area (Å²) in [6, 6.07) is 17.2. The van der Waals surface area contributed by atoms with Crippen LogP contribution in [0.15, 0.2) is 67.0 Å². The smallest absolute Gasteiger partial charge is 0.226 e. The lowest BCUT2D eigenvalue weighted by atomic mass is 10.0. The first-order valence-electron chi connectivity index (χ1n) is 10.1. The highest BCUT2D eigenvalue weighted by molar-refractivity contribution is 7.80. The number of carbonyl (C=O) groups excluding carboxylic acids is 1. The van der Waals surface area contributed by atoms with Gasteiger partial charge < -0.3 is 24.8 Å². The summed E-state index contributed by atoms with van der Waals surface area (Å²) < 4.78 is 7.40. The fourth-order valence-electron chi connectivity index (χ4n) is 3.93. The maximum Gasteiger partial charge on any atom is 0.226 e. The summed E-state index contributed by atoms with van der Waals surface area (Å²) >= 11 is 5.66. The van der Waals surface area contributed by atoms with Gasteiger partial charge in [-0.25, -0.2) is 0 Å². The zero-order valence-corrected chi connectivity index (χ0v) is 18.3. The predicted molar refractivity (Wildman–Crippen MR) is 124 cm³/mol. The number of aryl methyl sites for hydroxylation is 1. The summed E-state index contributed by atoms with van der Waals surface area (Å²) in [6.07, 6.45) is 4.08. The van der Waals surface area contributed by atoms with Crippen molar-refractivity contribution in [3.63, 3.8) is 0 Å². The van der Waals surface area contributed by atoms with Gasteiger partial charge >= 0.3 is 0 Å². The summed E-state index contributed by atoms with van der Waals surface area (Å²) in [6.45, 7) is 0.478. The van der Waals surface area contributed by atoms with Gasteiger partial charge in [0.2, 0.25) is 5.91 Å². The summed E-state index contributed by atoms with van der Waals surface area (Å²) in [5.41, 5.74) is 2.67. The normalized spacial score (nSPS) is 18.0. The molecule has 1 aliphatic rings. The molecule has 31 heavy (non-hydrogen) atoms. The molecule has 1 saturated heterocycles. The Kier molecular flexibility index (Phi) is 6.18. The van der Waals surface area contributed by atoms with Gasteiger partial charge in [0.05, 0.1) is 30.6 Å². The van der Waals surface area contributed by atoms with E-state index >= 15 is 0 Å². The quantitative estimate of drug-likeness (QED) is 0.554. The van der Waals surface area contributed by atoms with Gasteiger partial charge in [0.25, 0.3) is 0 Å². The van der Waals surface area contributed by atoms with Crippen molar-refractivity contribution in [1.29, 1.82) is 0 Å². The molecule has 2 N–H and O–H groups in total. The number of methoxy groups -OCH3 is 1. The number of hydrogen-bond acceptors (Lipinski definition) is 4. The Hall–Kier alpha value is -3.39. The minimum atomic E-state index is -0.0979. The van der Waals surface area contributed by atoms with E-state index in [2.05, 4.69) is 31.2 Å². The van der Waals surface area contributed by atoms with E-state index in [0.29, 0.717) is 23.1 Å². The second-order valence-corrected chi connectivity index (χ2v) is 7.75. The number of rotatable bonds is 7. The van der Waals surface area contributed by atoms with Crippen molar-refractivity contribution < 1.29 is 9.53 Å². The van der Waals surface area contributed by atoms with Crippen LogP contribution < -0.4 is 15.4 Å². The fraction of sp³-hybridized carbons (Fsp3) is 0.261. The second kappa shape index (κ2) is 9.18. The molecule has 3 aromatic rings.